The Hall–Kier alpha value is -1.35. The molecule has 1 aromatic carbocycles. The molecule has 0 radical (unpaired) electrons. The SMILES string of the molecule is ClC1CCCCC1Nc1cnc2ccccc2n1. The van der Waals surface area contributed by atoms with E-state index in [9.17, 15) is 0 Å². The van der Waals surface area contributed by atoms with Crippen LogP contribution in [0.4, 0.5) is 5.82 Å². The molecule has 4 heteroatoms. The van der Waals surface area contributed by atoms with Crippen LogP contribution in [-0.2, 0) is 0 Å². The lowest BCUT2D eigenvalue weighted by atomic mass is 9.95. The number of fused-ring (bicyclic) bond motifs is 1. The zero-order valence-corrected chi connectivity index (χ0v) is 10.9. The third-order valence-corrected chi connectivity index (χ3v) is 3.99. The van der Waals surface area contributed by atoms with Crippen molar-refractivity contribution in [3.63, 3.8) is 0 Å². The summed E-state index contributed by atoms with van der Waals surface area (Å²) in [7, 11) is 0. The summed E-state index contributed by atoms with van der Waals surface area (Å²) in [6.45, 7) is 0. The molecule has 1 heterocycles. The number of nitrogens with one attached hydrogen (secondary N) is 1. The van der Waals surface area contributed by atoms with Crippen LogP contribution >= 0.6 is 11.6 Å². The van der Waals surface area contributed by atoms with E-state index in [0.29, 0.717) is 6.04 Å². The van der Waals surface area contributed by atoms with Gasteiger partial charge in [0.05, 0.1) is 22.6 Å². The Morgan fingerprint density at radius 3 is 2.72 bits per heavy atom. The summed E-state index contributed by atoms with van der Waals surface area (Å²) in [5, 5.41) is 3.62. The summed E-state index contributed by atoms with van der Waals surface area (Å²) in [5.41, 5.74) is 1.85. The van der Waals surface area contributed by atoms with Gasteiger partial charge in [0, 0.05) is 6.04 Å². The topological polar surface area (TPSA) is 37.8 Å². The summed E-state index contributed by atoms with van der Waals surface area (Å²) in [5.74, 6) is 0.825. The number of nitrogens with zero attached hydrogens (tertiary/aromatic N) is 2. The maximum atomic E-state index is 6.34. The van der Waals surface area contributed by atoms with Gasteiger partial charge in [-0.15, -0.1) is 11.6 Å². The molecule has 2 unspecified atom stereocenters. The average Bonchev–Trinajstić information content (AvgIpc) is 2.41. The lowest BCUT2D eigenvalue weighted by molar-refractivity contribution is 0.468. The highest BCUT2D eigenvalue weighted by Gasteiger charge is 2.23. The number of aromatic nitrogens is 2. The van der Waals surface area contributed by atoms with Gasteiger partial charge in [0.25, 0.3) is 0 Å². The molecule has 2 atom stereocenters. The Bertz CT molecular complexity index is 543. The Morgan fingerprint density at radius 1 is 1.11 bits per heavy atom. The highest BCUT2D eigenvalue weighted by atomic mass is 35.5. The van der Waals surface area contributed by atoms with Crippen LogP contribution in [0.2, 0.25) is 0 Å². The fraction of sp³-hybridized carbons (Fsp3) is 0.429. The van der Waals surface area contributed by atoms with E-state index in [4.69, 9.17) is 11.6 Å². The third-order valence-electron chi connectivity index (χ3n) is 3.46. The number of alkyl halides is 1. The number of rotatable bonds is 2. The van der Waals surface area contributed by atoms with Crippen LogP contribution < -0.4 is 5.32 Å². The normalized spacial score (nSPS) is 24.1. The summed E-state index contributed by atoms with van der Waals surface area (Å²) >= 11 is 6.34. The van der Waals surface area contributed by atoms with Crippen molar-refractivity contribution in [1.29, 1.82) is 0 Å². The number of hydrogen-bond acceptors (Lipinski definition) is 3. The van der Waals surface area contributed by atoms with Gasteiger partial charge in [-0.2, -0.15) is 0 Å². The molecule has 18 heavy (non-hydrogen) atoms. The van der Waals surface area contributed by atoms with Crippen molar-refractivity contribution < 1.29 is 0 Å². The predicted molar refractivity (Wildman–Crippen MR) is 75.1 cm³/mol. The molecule has 3 nitrogen and oxygen atoms in total. The molecule has 1 fully saturated rings. The minimum Gasteiger partial charge on any atom is -0.365 e. The predicted octanol–water partition coefficient (Wildman–Crippen LogP) is 3.59. The first kappa shape index (κ1) is 11.7. The Balaban J connectivity index is 1.81. The molecule has 1 N–H and O–H groups in total. The van der Waals surface area contributed by atoms with Crippen molar-refractivity contribution in [2.24, 2.45) is 0 Å². The standard InChI is InChI=1S/C14H16ClN3/c15-10-5-1-2-6-11(10)17-14-9-16-12-7-3-4-8-13(12)18-14/h3-4,7-11H,1-2,5-6H2,(H,17,18). The molecular formula is C14H16ClN3. The first-order valence-electron chi connectivity index (χ1n) is 6.45. The van der Waals surface area contributed by atoms with Gasteiger partial charge >= 0.3 is 0 Å². The molecule has 0 aliphatic heterocycles. The molecule has 1 aliphatic rings. The lowest BCUT2D eigenvalue weighted by Crippen LogP contribution is -2.33. The van der Waals surface area contributed by atoms with Crippen LogP contribution in [-0.4, -0.2) is 21.4 Å². The van der Waals surface area contributed by atoms with E-state index in [2.05, 4.69) is 15.3 Å². The third kappa shape index (κ3) is 2.41. The molecule has 1 aliphatic carbocycles. The summed E-state index contributed by atoms with van der Waals surface area (Å²) in [6.07, 6.45) is 6.46. The van der Waals surface area contributed by atoms with Gasteiger partial charge < -0.3 is 5.32 Å². The molecule has 94 valence electrons. The quantitative estimate of drug-likeness (QED) is 0.840. The highest BCUT2D eigenvalue weighted by molar-refractivity contribution is 6.21. The largest absolute Gasteiger partial charge is 0.365 e. The zero-order chi connectivity index (χ0) is 12.4. The van der Waals surface area contributed by atoms with Gasteiger partial charge in [0.2, 0.25) is 0 Å². The molecule has 0 spiro atoms. The van der Waals surface area contributed by atoms with Crippen LogP contribution in [0.3, 0.4) is 0 Å². The van der Waals surface area contributed by atoms with Crippen molar-refractivity contribution in [1.82, 2.24) is 9.97 Å². The van der Waals surface area contributed by atoms with Crippen LogP contribution in [0.25, 0.3) is 11.0 Å². The van der Waals surface area contributed by atoms with Crippen LogP contribution in [0.5, 0.6) is 0 Å². The molecule has 1 aromatic heterocycles. The fourth-order valence-corrected chi connectivity index (χ4v) is 2.81. The first-order chi connectivity index (χ1) is 8.83. The zero-order valence-electron chi connectivity index (χ0n) is 10.1. The van der Waals surface area contributed by atoms with Crippen LogP contribution in [0.1, 0.15) is 25.7 Å². The molecule has 0 bridgehead atoms. The molecule has 0 saturated heterocycles. The number of halogens is 1. The van der Waals surface area contributed by atoms with Crippen molar-refractivity contribution in [2.75, 3.05) is 5.32 Å². The minimum absolute atomic E-state index is 0.201. The summed E-state index contributed by atoms with van der Waals surface area (Å²) in [4.78, 5) is 8.98. The van der Waals surface area contributed by atoms with E-state index < -0.39 is 0 Å². The van der Waals surface area contributed by atoms with Gasteiger partial charge in [-0.3, -0.25) is 4.98 Å². The molecule has 2 aromatic rings. The van der Waals surface area contributed by atoms with E-state index in [1.54, 1.807) is 6.20 Å². The monoisotopic (exact) mass is 261 g/mol. The van der Waals surface area contributed by atoms with Gasteiger partial charge in [-0.05, 0) is 25.0 Å². The van der Waals surface area contributed by atoms with E-state index in [1.807, 2.05) is 24.3 Å². The van der Waals surface area contributed by atoms with Crippen LogP contribution in [0.15, 0.2) is 30.5 Å². The van der Waals surface area contributed by atoms with Crippen molar-refractivity contribution in [3.8, 4) is 0 Å². The van der Waals surface area contributed by atoms with E-state index >= 15 is 0 Å². The van der Waals surface area contributed by atoms with Gasteiger partial charge in [-0.1, -0.05) is 25.0 Å². The molecule has 3 rings (SSSR count). The lowest BCUT2D eigenvalue weighted by Gasteiger charge is -2.28. The minimum atomic E-state index is 0.201. The average molecular weight is 262 g/mol. The fourth-order valence-electron chi connectivity index (χ4n) is 2.46. The number of hydrogen-bond donors (Lipinski definition) is 1. The Labute approximate surface area is 112 Å². The number of benzene rings is 1. The van der Waals surface area contributed by atoms with E-state index in [-0.39, 0.29) is 5.38 Å². The number of anilines is 1. The van der Waals surface area contributed by atoms with Crippen molar-refractivity contribution in [3.05, 3.63) is 30.5 Å². The second-order valence-electron chi connectivity index (χ2n) is 4.80. The smallest absolute Gasteiger partial charge is 0.145 e. The van der Waals surface area contributed by atoms with Gasteiger partial charge in [0.15, 0.2) is 0 Å². The molecular weight excluding hydrogens is 246 g/mol. The van der Waals surface area contributed by atoms with Gasteiger partial charge in [-0.25, -0.2) is 4.98 Å². The van der Waals surface area contributed by atoms with Crippen LogP contribution in [0, 0.1) is 0 Å². The van der Waals surface area contributed by atoms with Gasteiger partial charge in [0.1, 0.15) is 5.82 Å². The Kier molecular flexibility index (Phi) is 3.33. The van der Waals surface area contributed by atoms with E-state index in [0.717, 1.165) is 29.7 Å². The Morgan fingerprint density at radius 2 is 1.89 bits per heavy atom. The van der Waals surface area contributed by atoms with E-state index in [1.165, 1.54) is 12.8 Å². The summed E-state index contributed by atoms with van der Waals surface area (Å²) in [6, 6.07) is 8.21. The molecule has 1 saturated carbocycles. The maximum Gasteiger partial charge on any atom is 0.145 e. The second-order valence-corrected chi connectivity index (χ2v) is 5.36. The second kappa shape index (κ2) is 5.11. The van der Waals surface area contributed by atoms with Crippen molar-refractivity contribution >= 4 is 28.5 Å². The number of para-hydroxylation sites is 2. The highest BCUT2D eigenvalue weighted by Crippen LogP contribution is 2.25. The summed E-state index contributed by atoms with van der Waals surface area (Å²) < 4.78 is 0. The molecule has 0 amide bonds. The first-order valence-corrected chi connectivity index (χ1v) is 6.89. The maximum absolute atomic E-state index is 6.34. The van der Waals surface area contributed by atoms with Crippen molar-refractivity contribution in [2.45, 2.75) is 37.1 Å².